The number of phosphoric acid groups is 3. The molecular weight excluding hydrogens is 470 g/mol. The Morgan fingerprint density at radius 3 is 2.37 bits per heavy atom. The highest BCUT2D eigenvalue weighted by molar-refractivity contribution is 7.65. The first-order valence-corrected chi connectivity index (χ1v) is 12.8. The number of rotatable bonds is 11. The van der Waals surface area contributed by atoms with Crippen LogP contribution in [-0.4, -0.2) is 44.5 Å². The van der Waals surface area contributed by atoms with Crippen LogP contribution in [0.15, 0.2) is 5.11 Å². The van der Waals surface area contributed by atoms with Crippen molar-refractivity contribution in [2.45, 2.75) is 57.1 Å². The minimum atomic E-state index is -5.97. The molecule has 0 aromatic carbocycles. The zero-order chi connectivity index (χ0) is 21.9. The van der Waals surface area contributed by atoms with E-state index in [1.165, 1.54) is 6.92 Å². The lowest BCUT2D eigenvalue weighted by Crippen LogP contribution is -2.32. The van der Waals surface area contributed by atoms with Crippen LogP contribution in [-0.2, 0) is 36.3 Å². The summed E-state index contributed by atoms with van der Waals surface area (Å²) in [6, 6.07) is 0. The molecule has 1 N–H and O–H groups in total. The molecule has 2 fully saturated rings. The summed E-state index contributed by atoms with van der Waals surface area (Å²) in [7, 11) is -17.4. The molecule has 3 radical (unpaired) electrons. The van der Waals surface area contributed by atoms with E-state index in [9.17, 15) is 28.4 Å². The molecule has 0 spiro atoms. The molecule has 2 aliphatic rings. The summed E-state index contributed by atoms with van der Waals surface area (Å²) in [4.78, 5) is 44.3. The van der Waals surface area contributed by atoms with Gasteiger partial charge in [-0.3, -0.25) is 13.7 Å². The summed E-state index contributed by atoms with van der Waals surface area (Å²) >= 11 is 0. The first kappa shape index (κ1) is 27.7. The van der Waals surface area contributed by atoms with Crippen molar-refractivity contribution in [1.82, 2.24) is 0 Å². The van der Waals surface area contributed by atoms with Crippen LogP contribution >= 0.6 is 23.5 Å². The minimum absolute atomic E-state index is 0. The van der Waals surface area contributed by atoms with E-state index in [1.54, 1.807) is 0 Å². The van der Waals surface area contributed by atoms with Gasteiger partial charge in [0.15, 0.2) is 0 Å². The number of hydrogen-bond acceptors (Lipinski definition) is 12. The Balaban J connectivity index is 0.00000450. The van der Waals surface area contributed by atoms with Gasteiger partial charge in [-0.05, 0) is 31.2 Å². The maximum absolute atomic E-state index is 11.7. The van der Waals surface area contributed by atoms with Crippen molar-refractivity contribution in [3.8, 4) is 0 Å². The number of ether oxygens (including phenoxy) is 2. The van der Waals surface area contributed by atoms with Crippen LogP contribution in [0.3, 0.4) is 0 Å². The second kappa shape index (κ2) is 11.0. The van der Waals surface area contributed by atoms with Crippen LogP contribution in [0.25, 0.3) is 10.4 Å². The third-order valence-corrected chi connectivity index (χ3v) is 7.98. The quantitative estimate of drug-likeness (QED) is 0.133. The van der Waals surface area contributed by atoms with Gasteiger partial charge in [-0.1, -0.05) is 11.5 Å². The van der Waals surface area contributed by atoms with Gasteiger partial charge in [0, 0.05) is 19.7 Å². The van der Waals surface area contributed by atoms with Crippen molar-refractivity contribution in [1.29, 1.82) is 0 Å². The highest BCUT2D eigenvalue weighted by Crippen LogP contribution is 2.61. The van der Waals surface area contributed by atoms with Crippen LogP contribution in [0.4, 0.5) is 0 Å². The van der Waals surface area contributed by atoms with Crippen molar-refractivity contribution >= 4 is 31.9 Å². The van der Waals surface area contributed by atoms with E-state index < -0.39 is 48.5 Å². The summed E-state index contributed by atoms with van der Waals surface area (Å²) < 4.78 is 55.9. The number of azide groups is 1. The Bertz CT molecular complexity index is 772. The number of phosphoric ester groups is 1. The fourth-order valence-corrected chi connectivity index (χ4v) is 5.85. The maximum Gasteiger partial charge on any atom is 0.280 e. The standard InChI is InChI=1S/C11H22N3O12P3.B/c1-7(13-14-12)23-10-5-9(8-3-2-4-8)24-11(10)6-22-28(18,19)26-29(20,21)25-27(15,16)17;/h7-11H,2-6H2,1H3,(H,18,19)(H,20,21)(H2,15,16,17);/p-3/t7?,9-,10?,11-;/m1./s1. The fourth-order valence-electron chi connectivity index (χ4n) is 2.96. The second-order valence-electron chi connectivity index (χ2n) is 6.44. The van der Waals surface area contributed by atoms with E-state index in [2.05, 4.69) is 23.2 Å². The first-order valence-electron chi connectivity index (χ1n) is 8.38. The highest BCUT2D eigenvalue weighted by atomic mass is 31.3. The molecule has 171 valence electrons. The monoisotopic (exact) mass is 489 g/mol. The third kappa shape index (κ3) is 9.06. The molecule has 15 nitrogen and oxygen atoms in total. The van der Waals surface area contributed by atoms with E-state index in [1.807, 2.05) is 0 Å². The molecule has 0 amide bonds. The zero-order valence-electron chi connectivity index (χ0n) is 15.6. The van der Waals surface area contributed by atoms with Crippen LogP contribution in [0.5, 0.6) is 0 Å². The molecule has 7 atom stereocenters. The predicted molar refractivity (Wildman–Crippen MR) is 93.0 cm³/mol. The molecule has 1 saturated heterocycles. The summed E-state index contributed by atoms with van der Waals surface area (Å²) in [5.41, 5.74) is 8.46. The fraction of sp³-hybridized carbons (Fsp3) is 1.00. The number of nitrogens with zero attached hydrogens (tertiary/aromatic N) is 3. The molecule has 0 bridgehead atoms. The normalized spacial score (nSPS) is 31.2. The lowest BCUT2D eigenvalue weighted by Gasteiger charge is -2.33. The molecule has 0 aromatic heterocycles. The van der Waals surface area contributed by atoms with Crippen molar-refractivity contribution in [3.05, 3.63) is 10.4 Å². The molecule has 1 aliphatic carbocycles. The van der Waals surface area contributed by atoms with Gasteiger partial charge in [-0.2, -0.15) is 0 Å². The van der Waals surface area contributed by atoms with Crippen molar-refractivity contribution < 1.29 is 55.9 Å². The van der Waals surface area contributed by atoms with E-state index in [0.29, 0.717) is 6.42 Å². The predicted octanol–water partition coefficient (Wildman–Crippen LogP) is 0.0520. The maximum atomic E-state index is 11.7. The average molecular weight is 489 g/mol. The molecule has 30 heavy (non-hydrogen) atoms. The molecule has 1 heterocycles. The number of hydrogen-bond donors (Lipinski definition) is 1. The van der Waals surface area contributed by atoms with E-state index >= 15 is 0 Å². The minimum Gasteiger partial charge on any atom is -0.756 e. The Hall–Kier alpha value is -0.295. The molecule has 1 saturated carbocycles. The molecule has 0 aromatic rings. The summed E-state index contributed by atoms with van der Waals surface area (Å²) in [5.74, 6) is 0.252. The third-order valence-electron chi connectivity index (χ3n) is 4.29. The molecule has 1 aliphatic heterocycles. The Kier molecular flexibility index (Phi) is 10.2. The molecule has 5 unspecified atom stereocenters. The van der Waals surface area contributed by atoms with Crippen LogP contribution in [0.1, 0.15) is 32.6 Å². The van der Waals surface area contributed by atoms with Gasteiger partial charge in [-0.25, -0.2) is 8.62 Å². The topological polar surface area (TPSA) is 236 Å². The van der Waals surface area contributed by atoms with Crippen LogP contribution in [0, 0.1) is 5.92 Å². The lowest BCUT2D eigenvalue weighted by atomic mass is 9.80. The van der Waals surface area contributed by atoms with Crippen molar-refractivity contribution in [3.63, 3.8) is 0 Å². The summed E-state index contributed by atoms with van der Waals surface area (Å²) in [5, 5.41) is 3.36. The van der Waals surface area contributed by atoms with E-state index in [-0.39, 0.29) is 20.4 Å². The SMILES string of the molecule is CC(N=[N+]=[N-])OC1C[C@H](C2CCC2)O[C@@H]1COP(=O)([O-])OP(=O)([O-])OP(=O)([O-])O.[B]. The van der Waals surface area contributed by atoms with Gasteiger partial charge >= 0.3 is 0 Å². The Labute approximate surface area is 173 Å². The molecule has 19 heteroatoms. The average Bonchev–Trinajstić information content (AvgIpc) is 2.82. The lowest BCUT2D eigenvalue weighted by molar-refractivity contribution is -0.250. The van der Waals surface area contributed by atoms with Gasteiger partial charge in [0.25, 0.3) is 23.5 Å². The van der Waals surface area contributed by atoms with E-state index in [4.69, 9.17) is 19.9 Å². The van der Waals surface area contributed by atoms with Gasteiger partial charge in [0.2, 0.25) is 0 Å². The van der Waals surface area contributed by atoms with Crippen molar-refractivity contribution in [2.24, 2.45) is 11.0 Å². The van der Waals surface area contributed by atoms with Crippen LogP contribution < -0.4 is 14.7 Å². The van der Waals surface area contributed by atoms with Gasteiger partial charge < -0.3 is 33.6 Å². The summed E-state index contributed by atoms with van der Waals surface area (Å²) in [6.07, 6.45) is 0.457. The highest BCUT2D eigenvalue weighted by Gasteiger charge is 2.42. The van der Waals surface area contributed by atoms with Crippen molar-refractivity contribution in [2.75, 3.05) is 6.61 Å². The first-order chi connectivity index (χ1) is 13.3. The molecular formula is C11H19BN3O12P3-3. The van der Waals surface area contributed by atoms with Gasteiger partial charge in [0.1, 0.15) is 12.3 Å². The summed E-state index contributed by atoms with van der Waals surface area (Å²) in [6.45, 7) is 0.753. The van der Waals surface area contributed by atoms with Crippen LogP contribution in [0.2, 0.25) is 0 Å². The molecule has 2 rings (SSSR count). The van der Waals surface area contributed by atoms with E-state index in [0.717, 1.165) is 19.3 Å². The van der Waals surface area contributed by atoms with Gasteiger partial charge in [0.05, 0.1) is 18.8 Å². The van der Waals surface area contributed by atoms with Gasteiger partial charge in [-0.15, -0.1) is 0 Å². The zero-order valence-corrected chi connectivity index (χ0v) is 18.3. The Morgan fingerprint density at radius 2 is 1.87 bits per heavy atom. The smallest absolute Gasteiger partial charge is 0.280 e. The second-order valence-corrected chi connectivity index (χ2v) is 10.7. The largest absolute Gasteiger partial charge is 0.756 e. The Morgan fingerprint density at radius 1 is 1.23 bits per heavy atom.